The summed E-state index contributed by atoms with van der Waals surface area (Å²) in [5.41, 5.74) is 15.0. The Morgan fingerprint density at radius 1 is 0.197 bits per heavy atom. The molecule has 0 aliphatic rings. The Labute approximate surface area is 377 Å². The Kier molecular flexibility index (Phi) is 7.88. The van der Waals surface area contributed by atoms with Crippen LogP contribution in [0, 0.1) is 0 Å². The van der Waals surface area contributed by atoms with Crippen molar-refractivity contribution in [2.24, 2.45) is 0 Å². The zero-order chi connectivity index (χ0) is 43.3. The summed E-state index contributed by atoms with van der Waals surface area (Å²) in [7, 11) is 0. The molecule has 0 N–H and O–H groups in total. The summed E-state index contributed by atoms with van der Waals surface area (Å²) in [6.45, 7) is 0. The second kappa shape index (κ2) is 14.3. The first kappa shape index (κ1) is 36.5. The molecule has 0 amide bonds. The van der Waals surface area contributed by atoms with Gasteiger partial charge in [-0.3, -0.25) is 0 Å². The molecule has 4 aromatic heterocycles. The van der Waals surface area contributed by atoms with Gasteiger partial charge in [-0.05, 0) is 108 Å². The van der Waals surface area contributed by atoms with Crippen LogP contribution < -0.4 is 9.80 Å². The molecule has 0 spiro atoms. The quantitative estimate of drug-likeness (QED) is 0.159. The lowest BCUT2D eigenvalue weighted by molar-refractivity contribution is 0.668. The van der Waals surface area contributed by atoms with Crippen LogP contribution in [0.5, 0.6) is 0 Å². The zero-order valence-electron chi connectivity index (χ0n) is 35.3. The summed E-state index contributed by atoms with van der Waals surface area (Å²) in [6, 6.07) is 76.2. The normalized spacial score (nSPS) is 11.9. The highest BCUT2D eigenvalue weighted by Gasteiger charge is 2.20. The molecule has 14 rings (SSSR count). The minimum absolute atomic E-state index is 0.837. The standard InChI is InChI=1S/C60H36N2O4/c1-5-13-53-45(9-1)49-29-25-41(33-57(49)63-53)61(42-26-30-50-46-10-2-6-14-54(46)64-58(50)34-42)39-21-17-37(18-22-39)38-19-23-40(24-20-38)62(43-27-31-51-47-11-3-7-15-55(47)65-59(51)35-43)44-28-32-52-48-12-4-8-16-56(48)66-60(52)36-44/h1-36H. The molecule has 0 radical (unpaired) electrons. The molecule has 4 heterocycles. The largest absolute Gasteiger partial charge is 0.456 e. The van der Waals surface area contributed by atoms with Crippen molar-refractivity contribution in [1.82, 2.24) is 0 Å². The third kappa shape index (κ3) is 5.75. The van der Waals surface area contributed by atoms with Gasteiger partial charge in [0.25, 0.3) is 0 Å². The van der Waals surface area contributed by atoms with Crippen LogP contribution in [0.25, 0.3) is 98.9 Å². The summed E-state index contributed by atoms with van der Waals surface area (Å²) in [5, 5.41) is 8.77. The van der Waals surface area contributed by atoms with Crippen LogP contribution in [0.1, 0.15) is 0 Å². The molecule has 310 valence electrons. The number of para-hydroxylation sites is 4. The minimum Gasteiger partial charge on any atom is -0.456 e. The molecule has 0 saturated carbocycles. The van der Waals surface area contributed by atoms with E-state index < -0.39 is 0 Å². The lowest BCUT2D eigenvalue weighted by Gasteiger charge is -2.26. The first-order valence-corrected chi connectivity index (χ1v) is 22.1. The SMILES string of the molecule is c1ccc2c(c1)oc1cc(N(c3ccc(-c4ccc(N(c5ccc6c(c5)oc5ccccc56)c5ccc6c(c5)oc5ccccc56)cc4)cc3)c3ccc4c(c3)oc3ccccc34)ccc12. The maximum absolute atomic E-state index is 6.39. The van der Waals surface area contributed by atoms with Crippen molar-refractivity contribution < 1.29 is 17.7 Å². The number of benzene rings is 10. The monoisotopic (exact) mass is 848 g/mol. The maximum atomic E-state index is 6.39. The number of anilines is 6. The van der Waals surface area contributed by atoms with Crippen molar-refractivity contribution in [3.05, 3.63) is 218 Å². The topological polar surface area (TPSA) is 59.0 Å². The number of fused-ring (bicyclic) bond motifs is 12. The number of hydrogen-bond donors (Lipinski definition) is 0. The van der Waals surface area contributed by atoms with Gasteiger partial charge in [0.05, 0.1) is 0 Å². The number of furan rings is 4. The van der Waals surface area contributed by atoms with Crippen molar-refractivity contribution in [1.29, 1.82) is 0 Å². The van der Waals surface area contributed by atoms with Crippen LogP contribution in [-0.4, -0.2) is 0 Å². The molecule has 14 aromatic rings. The van der Waals surface area contributed by atoms with Gasteiger partial charge in [-0.25, -0.2) is 0 Å². The van der Waals surface area contributed by atoms with Crippen LogP contribution in [0.2, 0.25) is 0 Å². The van der Waals surface area contributed by atoms with Crippen molar-refractivity contribution in [3.8, 4) is 11.1 Å². The van der Waals surface area contributed by atoms with Crippen molar-refractivity contribution in [2.75, 3.05) is 9.80 Å². The summed E-state index contributed by atoms with van der Waals surface area (Å²) in [4.78, 5) is 4.53. The third-order valence-corrected chi connectivity index (χ3v) is 13.1. The molecule has 0 unspecified atom stereocenters. The summed E-state index contributed by atoms with van der Waals surface area (Å²) in [5.74, 6) is 0. The molecule has 0 fully saturated rings. The molecular formula is C60H36N2O4. The molecule has 0 atom stereocenters. The lowest BCUT2D eigenvalue weighted by Crippen LogP contribution is -2.10. The van der Waals surface area contributed by atoms with Gasteiger partial charge in [0.2, 0.25) is 0 Å². The highest BCUT2D eigenvalue weighted by molar-refractivity contribution is 6.10. The summed E-state index contributed by atoms with van der Waals surface area (Å²) in [6.07, 6.45) is 0. The average molecular weight is 849 g/mol. The Morgan fingerprint density at radius 2 is 0.424 bits per heavy atom. The predicted octanol–water partition coefficient (Wildman–Crippen LogP) is 17.9. The van der Waals surface area contributed by atoms with Gasteiger partial charge in [-0.15, -0.1) is 0 Å². The van der Waals surface area contributed by atoms with E-state index in [0.29, 0.717) is 0 Å². The fraction of sp³-hybridized carbons (Fsp3) is 0. The molecule has 0 aliphatic heterocycles. The first-order valence-electron chi connectivity index (χ1n) is 22.1. The van der Waals surface area contributed by atoms with Gasteiger partial charge in [-0.2, -0.15) is 0 Å². The van der Waals surface area contributed by atoms with E-state index in [0.717, 1.165) is 133 Å². The fourth-order valence-corrected chi connectivity index (χ4v) is 9.92. The van der Waals surface area contributed by atoms with Crippen molar-refractivity contribution in [3.63, 3.8) is 0 Å². The van der Waals surface area contributed by atoms with Gasteiger partial charge < -0.3 is 27.5 Å². The molecule has 6 heteroatoms. The van der Waals surface area contributed by atoms with Gasteiger partial charge in [0.1, 0.15) is 44.7 Å². The van der Waals surface area contributed by atoms with E-state index in [1.807, 2.05) is 48.5 Å². The number of nitrogens with zero attached hydrogens (tertiary/aromatic N) is 2. The second-order valence-electron chi connectivity index (χ2n) is 16.9. The summed E-state index contributed by atoms with van der Waals surface area (Å²) >= 11 is 0. The Hall–Kier alpha value is -9.00. The molecule has 0 saturated heterocycles. The highest BCUT2D eigenvalue weighted by Crippen LogP contribution is 2.44. The second-order valence-corrected chi connectivity index (χ2v) is 16.9. The van der Waals surface area contributed by atoms with E-state index in [-0.39, 0.29) is 0 Å². The maximum Gasteiger partial charge on any atom is 0.137 e. The van der Waals surface area contributed by atoms with Crippen molar-refractivity contribution >= 4 is 122 Å². The van der Waals surface area contributed by atoms with Crippen LogP contribution in [-0.2, 0) is 0 Å². The van der Waals surface area contributed by atoms with E-state index >= 15 is 0 Å². The zero-order valence-corrected chi connectivity index (χ0v) is 35.3. The van der Waals surface area contributed by atoms with E-state index in [1.165, 1.54) is 0 Å². The Morgan fingerprint density at radius 3 is 0.697 bits per heavy atom. The molecule has 0 bridgehead atoms. The van der Waals surface area contributed by atoms with Crippen LogP contribution in [0.4, 0.5) is 34.1 Å². The first-order chi connectivity index (χ1) is 32.7. The summed E-state index contributed by atoms with van der Waals surface area (Å²) < 4.78 is 25.6. The third-order valence-electron chi connectivity index (χ3n) is 13.1. The van der Waals surface area contributed by atoms with Gasteiger partial charge in [0.15, 0.2) is 0 Å². The molecule has 6 nitrogen and oxygen atoms in total. The highest BCUT2D eigenvalue weighted by atomic mass is 16.3. The number of rotatable bonds is 7. The number of hydrogen-bond acceptors (Lipinski definition) is 6. The fourth-order valence-electron chi connectivity index (χ4n) is 9.92. The van der Waals surface area contributed by atoms with Crippen molar-refractivity contribution in [2.45, 2.75) is 0 Å². The van der Waals surface area contributed by atoms with Gasteiger partial charge >= 0.3 is 0 Å². The van der Waals surface area contributed by atoms with Gasteiger partial charge in [-0.1, -0.05) is 97.1 Å². The van der Waals surface area contributed by atoms with Crippen LogP contribution in [0.3, 0.4) is 0 Å². The Balaban J connectivity index is 0.849. The molecule has 66 heavy (non-hydrogen) atoms. The Bertz CT molecular complexity index is 3690. The molecule has 0 aliphatic carbocycles. The smallest absolute Gasteiger partial charge is 0.137 e. The van der Waals surface area contributed by atoms with E-state index in [9.17, 15) is 0 Å². The average Bonchev–Trinajstić information content (AvgIpc) is 4.14. The minimum atomic E-state index is 0.837. The van der Waals surface area contributed by atoms with Crippen LogP contribution in [0.15, 0.2) is 236 Å². The predicted molar refractivity (Wildman–Crippen MR) is 270 cm³/mol. The van der Waals surface area contributed by atoms with E-state index in [2.05, 4.69) is 180 Å². The van der Waals surface area contributed by atoms with Crippen LogP contribution >= 0.6 is 0 Å². The van der Waals surface area contributed by atoms with E-state index in [1.54, 1.807) is 0 Å². The van der Waals surface area contributed by atoms with E-state index in [4.69, 9.17) is 17.7 Å². The van der Waals surface area contributed by atoms with Gasteiger partial charge in [0, 0.05) is 101 Å². The lowest BCUT2D eigenvalue weighted by atomic mass is 10.0. The molecule has 10 aromatic carbocycles. The molecular weight excluding hydrogens is 813 g/mol.